The number of aliphatic hydroxyl groups excluding tert-OH is 8. The Morgan fingerprint density at radius 3 is 0.975 bits per heavy atom. The summed E-state index contributed by atoms with van der Waals surface area (Å²) < 4.78 is 40.9. The van der Waals surface area contributed by atoms with Gasteiger partial charge in [0.15, 0.2) is 18.7 Å². The van der Waals surface area contributed by atoms with Crippen molar-refractivity contribution in [1.82, 2.24) is 0 Å². The standard InChI is InChI=1S/C63H118O18/c1-4-7-10-13-16-18-20-22-24-26-28-31-34-40-53(66)75-46-50(77-55(68)42-35-32-29-27-25-23-21-19-17-14-11-8-5-2)47-76-54(67)41-37-36-39-49(79-63-61(74)59(72)57(70)52(45-65)81-63)43-48(38-33-30-15-12-9-6-3)78-62-60(73)58(71)56(69)51(44-64)80-62/h48-52,56-65,69-74H,4-47H2,1-3H3/t48?,49?,50?,51-,52-,56-,57-,58+,59+,60-,61-,62?,63?/m1/s1. The van der Waals surface area contributed by atoms with Crippen molar-refractivity contribution >= 4 is 17.9 Å². The van der Waals surface area contributed by atoms with E-state index in [9.17, 15) is 55.2 Å². The van der Waals surface area contributed by atoms with Crippen molar-refractivity contribution in [2.45, 2.75) is 357 Å². The first-order valence-electron chi connectivity index (χ1n) is 32.7. The summed E-state index contributed by atoms with van der Waals surface area (Å²) in [4.78, 5) is 39.2. The average Bonchev–Trinajstić information content (AvgIpc) is 3.47. The van der Waals surface area contributed by atoms with E-state index >= 15 is 0 Å². The summed E-state index contributed by atoms with van der Waals surface area (Å²) in [6.07, 6.45) is 20.7. The Morgan fingerprint density at radius 2 is 0.642 bits per heavy atom. The second-order valence-electron chi connectivity index (χ2n) is 23.4. The lowest BCUT2D eigenvalue weighted by Crippen LogP contribution is -2.60. The summed E-state index contributed by atoms with van der Waals surface area (Å²) in [7, 11) is 0. The molecule has 0 spiro atoms. The van der Waals surface area contributed by atoms with Crippen LogP contribution in [0.25, 0.3) is 0 Å². The van der Waals surface area contributed by atoms with Gasteiger partial charge in [-0.2, -0.15) is 0 Å². The molecule has 2 aliphatic heterocycles. The molecule has 81 heavy (non-hydrogen) atoms. The molecule has 13 atom stereocenters. The van der Waals surface area contributed by atoms with Crippen molar-refractivity contribution < 1.29 is 88.4 Å². The van der Waals surface area contributed by atoms with Gasteiger partial charge >= 0.3 is 17.9 Å². The van der Waals surface area contributed by atoms with Gasteiger partial charge in [0.25, 0.3) is 0 Å². The number of hydrogen-bond acceptors (Lipinski definition) is 18. The van der Waals surface area contributed by atoms with Gasteiger partial charge in [-0.1, -0.05) is 220 Å². The predicted octanol–water partition coefficient (Wildman–Crippen LogP) is 10.0. The molecule has 2 fully saturated rings. The van der Waals surface area contributed by atoms with Gasteiger partial charge in [-0.15, -0.1) is 0 Å². The molecule has 0 radical (unpaired) electrons. The highest BCUT2D eigenvalue weighted by atomic mass is 16.7. The summed E-state index contributed by atoms with van der Waals surface area (Å²) >= 11 is 0. The maximum Gasteiger partial charge on any atom is 0.306 e. The number of carbonyl (C=O) groups is 3. The Hall–Kier alpha value is -2.07. The minimum absolute atomic E-state index is 0.0339. The van der Waals surface area contributed by atoms with E-state index in [1.54, 1.807) is 0 Å². The third-order valence-electron chi connectivity index (χ3n) is 16.0. The van der Waals surface area contributed by atoms with E-state index in [1.165, 1.54) is 116 Å². The summed E-state index contributed by atoms with van der Waals surface area (Å²) in [5.41, 5.74) is 0. The Morgan fingerprint density at radius 1 is 0.358 bits per heavy atom. The zero-order valence-electron chi connectivity index (χ0n) is 50.8. The minimum Gasteiger partial charge on any atom is -0.462 e. The maximum atomic E-state index is 13.3. The van der Waals surface area contributed by atoms with Crippen LogP contribution >= 0.6 is 0 Å². The Balaban J connectivity index is 2.03. The van der Waals surface area contributed by atoms with Crippen molar-refractivity contribution in [2.75, 3.05) is 26.4 Å². The third-order valence-corrected chi connectivity index (χ3v) is 16.0. The molecule has 0 aromatic carbocycles. The maximum absolute atomic E-state index is 13.3. The van der Waals surface area contributed by atoms with Gasteiger partial charge in [0.05, 0.1) is 25.4 Å². The molecule has 0 aromatic heterocycles. The van der Waals surface area contributed by atoms with Gasteiger partial charge in [0.2, 0.25) is 0 Å². The zero-order valence-corrected chi connectivity index (χ0v) is 50.8. The second-order valence-corrected chi connectivity index (χ2v) is 23.4. The lowest BCUT2D eigenvalue weighted by Gasteiger charge is -2.42. The number of hydrogen-bond donors (Lipinski definition) is 8. The molecule has 8 N–H and O–H groups in total. The van der Waals surface area contributed by atoms with E-state index < -0.39 is 111 Å². The summed E-state index contributed by atoms with van der Waals surface area (Å²) in [6.45, 7) is 4.75. The molecule has 2 aliphatic rings. The lowest BCUT2D eigenvalue weighted by molar-refractivity contribution is -0.323. The fourth-order valence-corrected chi connectivity index (χ4v) is 10.8. The SMILES string of the molecule is CCCCCCCCCCCCCCCC(=O)OCC(COC(=O)CCCCC(CC(CCCCCCCC)OC1O[C@H](CO)[C@@H](O)[C@H](O)[C@H]1O)OC1O[C@H](CO)[C@@H](O)[C@H](O)[C@H]1O)OC(=O)CCCCCCCCCCCCCCC. The van der Waals surface area contributed by atoms with E-state index in [0.717, 1.165) is 70.6 Å². The van der Waals surface area contributed by atoms with Crippen molar-refractivity contribution in [3.05, 3.63) is 0 Å². The second kappa shape index (κ2) is 49.1. The molecule has 0 aliphatic carbocycles. The molecule has 18 heteroatoms. The number of carbonyl (C=O) groups excluding carboxylic acids is 3. The summed E-state index contributed by atoms with van der Waals surface area (Å²) in [6, 6.07) is 0. The summed E-state index contributed by atoms with van der Waals surface area (Å²) in [5.74, 6) is -1.40. The van der Waals surface area contributed by atoms with Gasteiger partial charge in [0, 0.05) is 25.7 Å². The number of rotatable bonds is 53. The van der Waals surface area contributed by atoms with Gasteiger partial charge < -0.3 is 74.0 Å². The van der Waals surface area contributed by atoms with Crippen LogP contribution in [0.2, 0.25) is 0 Å². The highest BCUT2D eigenvalue weighted by Crippen LogP contribution is 2.30. The van der Waals surface area contributed by atoms with Crippen molar-refractivity contribution in [3.8, 4) is 0 Å². The van der Waals surface area contributed by atoms with E-state index in [4.69, 9.17) is 33.2 Å². The van der Waals surface area contributed by atoms with Crippen molar-refractivity contribution in [1.29, 1.82) is 0 Å². The summed E-state index contributed by atoms with van der Waals surface area (Å²) in [5, 5.41) is 83.6. The molecular weight excluding hydrogens is 1040 g/mol. The van der Waals surface area contributed by atoms with Gasteiger partial charge in [-0.3, -0.25) is 14.4 Å². The molecule has 478 valence electrons. The van der Waals surface area contributed by atoms with Gasteiger partial charge in [-0.25, -0.2) is 0 Å². The highest BCUT2D eigenvalue weighted by Gasteiger charge is 2.47. The van der Waals surface area contributed by atoms with Crippen LogP contribution in [0.4, 0.5) is 0 Å². The molecule has 0 bridgehead atoms. The van der Waals surface area contributed by atoms with Crippen LogP contribution in [0, 0.1) is 0 Å². The van der Waals surface area contributed by atoms with Crippen LogP contribution in [0.3, 0.4) is 0 Å². The van der Waals surface area contributed by atoms with E-state index in [-0.39, 0.29) is 45.3 Å². The minimum atomic E-state index is -1.70. The zero-order chi connectivity index (χ0) is 59.3. The van der Waals surface area contributed by atoms with E-state index in [1.807, 2.05) is 0 Å². The number of esters is 3. The molecule has 2 rings (SSSR count). The first kappa shape index (κ1) is 75.0. The number of aliphatic hydroxyl groups is 8. The Bertz CT molecular complexity index is 1500. The van der Waals surface area contributed by atoms with Crippen LogP contribution in [0.1, 0.15) is 278 Å². The predicted molar refractivity (Wildman–Crippen MR) is 311 cm³/mol. The molecule has 2 heterocycles. The fraction of sp³-hybridized carbons (Fsp3) is 0.952. The molecule has 0 saturated carbocycles. The normalized spacial score (nSPS) is 24.2. The number of ether oxygens (including phenoxy) is 7. The number of unbranched alkanes of at least 4 members (excludes halogenated alkanes) is 30. The molecule has 2 saturated heterocycles. The molecule has 18 nitrogen and oxygen atoms in total. The highest BCUT2D eigenvalue weighted by molar-refractivity contribution is 5.71. The molecule has 0 aromatic rings. The average molecular weight is 1160 g/mol. The topological polar surface area (TPSA) is 278 Å². The van der Waals surface area contributed by atoms with Crippen LogP contribution in [-0.4, -0.2) is 165 Å². The van der Waals surface area contributed by atoms with Crippen molar-refractivity contribution in [3.63, 3.8) is 0 Å². The van der Waals surface area contributed by atoms with Crippen LogP contribution in [-0.2, 0) is 47.5 Å². The van der Waals surface area contributed by atoms with Crippen LogP contribution in [0.5, 0.6) is 0 Å². The quantitative estimate of drug-likeness (QED) is 0.0160. The largest absolute Gasteiger partial charge is 0.462 e. The monoisotopic (exact) mass is 1160 g/mol. The Kier molecular flexibility index (Phi) is 45.5. The first-order chi connectivity index (χ1) is 39.3. The Labute approximate surface area is 488 Å². The molecule has 5 unspecified atom stereocenters. The van der Waals surface area contributed by atoms with Crippen LogP contribution in [0.15, 0.2) is 0 Å². The smallest absolute Gasteiger partial charge is 0.306 e. The lowest BCUT2D eigenvalue weighted by atomic mass is 9.97. The molecular formula is C63H118O18. The van der Waals surface area contributed by atoms with Crippen molar-refractivity contribution in [2.24, 2.45) is 0 Å². The van der Waals surface area contributed by atoms with Gasteiger partial charge in [0.1, 0.15) is 62.0 Å². The molecule has 0 amide bonds. The third kappa shape index (κ3) is 35.2. The first-order valence-corrected chi connectivity index (χ1v) is 32.7. The van der Waals surface area contributed by atoms with Crippen LogP contribution < -0.4 is 0 Å². The van der Waals surface area contributed by atoms with Gasteiger partial charge in [-0.05, 0) is 32.1 Å². The van der Waals surface area contributed by atoms with E-state index in [2.05, 4.69) is 20.8 Å². The van der Waals surface area contributed by atoms with E-state index in [0.29, 0.717) is 38.5 Å². The fourth-order valence-electron chi connectivity index (χ4n) is 10.8.